The minimum atomic E-state index is -1.63. The van der Waals surface area contributed by atoms with E-state index in [1.165, 1.54) is 199 Å². The second-order valence-corrected chi connectivity index (χ2v) is 28.3. The Labute approximate surface area is 611 Å². The van der Waals surface area contributed by atoms with E-state index in [1.54, 1.807) is 0 Å². The maximum absolute atomic E-state index is 13.0. The van der Waals surface area contributed by atoms with Crippen LogP contribution in [0.2, 0.25) is 0 Å². The zero-order valence-corrected chi connectivity index (χ0v) is 64.8. The first kappa shape index (κ1) is 94.2. The lowest BCUT2D eigenvalue weighted by molar-refractivity contribution is -0.870. The van der Waals surface area contributed by atoms with Crippen molar-refractivity contribution in [2.75, 3.05) is 47.5 Å². The zero-order valence-electron chi connectivity index (χ0n) is 64.8. The van der Waals surface area contributed by atoms with Gasteiger partial charge in [-0.1, -0.05) is 359 Å². The number of carboxylic acid groups (broad SMARTS) is 1. The van der Waals surface area contributed by atoms with Crippen LogP contribution >= 0.6 is 0 Å². The summed E-state index contributed by atoms with van der Waals surface area (Å²) >= 11 is 0. The van der Waals surface area contributed by atoms with E-state index in [0.717, 1.165) is 116 Å². The van der Waals surface area contributed by atoms with Gasteiger partial charge in [-0.15, -0.1) is 0 Å². The maximum Gasteiger partial charge on any atom is 0.306 e. The summed E-state index contributed by atoms with van der Waals surface area (Å²) in [4.78, 5) is 37.6. The van der Waals surface area contributed by atoms with E-state index >= 15 is 0 Å². The van der Waals surface area contributed by atoms with Crippen LogP contribution in [0.4, 0.5) is 0 Å². The molecule has 0 fully saturated rings. The van der Waals surface area contributed by atoms with Gasteiger partial charge < -0.3 is 33.3 Å². The first-order chi connectivity index (χ1) is 48.6. The quantitative estimate of drug-likeness (QED) is 0.0195. The third kappa shape index (κ3) is 80.4. The van der Waals surface area contributed by atoms with Crippen molar-refractivity contribution in [2.45, 2.75) is 360 Å². The molecule has 566 valence electrons. The number of hydrogen-bond donors (Lipinski definition) is 0. The molecule has 99 heavy (non-hydrogen) atoms. The van der Waals surface area contributed by atoms with E-state index in [1.807, 2.05) is 21.1 Å². The number of nitrogens with zero attached hydrogens (tertiary/aromatic N) is 1. The van der Waals surface area contributed by atoms with Crippen molar-refractivity contribution < 1.29 is 42.9 Å². The van der Waals surface area contributed by atoms with Crippen LogP contribution in [-0.2, 0) is 33.3 Å². The first-order valence-corrected chi connectivity index (χ1v) is 41.0. The van der Waals surface area contributed by atoms with Gasteiger partial charge in [-0.05, 0) is 122 Å². The minimum absolute atomic E-state index is 0.140. The fourth-order valence-corrected chi connectivity index (χ4v) is 11.4. The molecule has 0 aromatic heterocycles. The smallest absolute Gasteiger partial charge is 0.306 e. The van der Waals surface area contributed by atoms with Gasteiger partial charge >= 0.3 is 11.9 Å². The summed E-state index contributed by atoms with van der Waals surface area (Å²) in [7, 11) is 5.93. The van der Waals surface area contributed by atoms with Crippen LogP contribution in [0.15, 0.2) is 146 Å². The lowest BCUT2D eigenvalue weighted by atomic mass is 10.0. The summed E-state index contributed by atoms with van der Waals surface area (Å²) in [6.45, 7) is 4.63. The number of quaternary nitrogens is 1. The molecular formula is C90H153NO8. The van der Waals surface area contributed by atoms with Crippen LogP contribution in [-0.4, -0.2) is 82.3 Å². The van der Waals surface area contributed by atoms with Crippen LogP contribution in [0, 0.1) is 0 Å². The van der Waals surface area contributed by atoms with Gasteiger partial charge in [0, 0.05) is 12.8 Å². The van der Waals surface area contributed by atoms with Gasteiger partial charge in [0.1, 0.15) is 13.2 Å². The molecule has 0 aromatic carbocycles. The number of carbonyl (C=O) groups is 3. The number of carboxylic acids is 1. The Balaban J connectivity index is 4.06. The molecule has 0 aliphatic carbocycles. The fraction of sp³-hybridized carbons (Fsp3) is 0.700. The molecule has 0 radical (unpaired) electrons. The molecule has 9 heteroatoms. The van der Waals surface area contributed by atoms with Gasteiger partial charge in [-0.2, -0.15) is 0 Å². The van der Waals surface area contributed by atoms with Crippen LogP contribution in [0.5, 0.6) is 0 Å². The monoisotopic (exact) mass is 1380 g/mol. The second-order valence-electron chi connectivity index (χ2n) is 28.3. The van der Waals surface area contributed by atoms with Crippen LogP contribution in [0.3, 0.4) is 0 Å². The molecule has 0 aliphatic heterocycles. The molecule has 0 saturated heterocycles. The Kier molecular flexibility index (Phi) is 75.0. The molecule has 0 N–H and O–H groups in total. The summed E-state index contributed by atoms with van der Waals surface area (Å²) in [5.41, 5.74) is 0. The van der Waals surface area contributed by atoms with Gasteiger partial charge in [0.05, 0.1) is 40.3 Å². The van der Waals surface area contributed by atoms with Gasteiger partial charge in [0.25, 0.3) is 0 Å². The maximum atomic E-state index is 13.0. The van der Waals surface area contributed by atoms with Gasteiger partial charge in [0.15, 0.2) is 12.4 Å². The number of aliphatic carboxylic acids is 1. The number of ether oxygens (including phenoxy) is 4. The van der Waals surface area contributed by atoms with E-state index in [9.17, 15) is 19.5 Å². The average Bonchev–Trinajstić information content (AvgIpc) is 1.16. The highest BCUT2D eigenvalue weighted by Crippen LogP contribution is 2.18. The molecule has 0 rings (SSSR count). The number of hydrogen-bond acceptors (Lipinski definition) is 8. The average molecular weight is 1380 g/mol. The second kappa shape index (κ2) is 78.9. The summed E-state index contributed by atoms with van der Waals surface area (Å²) in [6, 6.07) is 0. The van der Waals surface area contributed by atoms with E-state index in [2.05, 4.69) is 160 Å². The van der Waals surface area contributed by atoms with Crippen LogP contribution < -0.4 is 5.11 Å². The number of likely N-dealkylation sites (N-methyl/N-ethyl adjacent to an activating group) is 1. The molecule has 0 saturated carbocycles. The van der Waals surface area contributed by atoms with Crippen LogP contribution in [0.1, 0.15) is 348 Å². The number of allylic oxidation sites excluding steroid dienone is 24. The van der Waals surface area contributed by atoms with Crippen molar-refractivity contribution in [1.29, 1.82) is 0 Å². The van der Waals surface area contributed by atoms with E-state index in [-0.39, 0.29) is 38.6 Å². The Morgan fingerprint density at radius 1 is 0.313 bits per heavy atom. The zero-order chi connectivity index (χ0) is 71.8. The van der Waals surface area contributed by atoms with Crippen molar-refractivity contribution >= 4 is 17.9 Å². The van der Waals surface area contributed by atoms with E-state index in [0.29, 0.717) is 17.4 Å². The van der Waals surface area contributed by atoms with Crippen LogP contribution in [0.25, 0.3) is 0 Å². The highest BCUT2D eigenvalue weighted by molar-refractivity contribution is 5.70. The first-order valence-electron chi connectivity index (χ1n) is 41.0. The van der Waals surface area contributed by atoms with Gasteiger partial charge in [0.2, 0.25) is 0 Å². The van der Waals surface area contributed by atoms with Gasteiger partial charge in [-0.3, -0.25) is 9.59 Å². The highest BCUT2D eigenvalue weighted by atomic mass is 16.7. The summed E-state index contributed by atoms with van der Waals surface area (Å²) in [6.07, 6.45) is 113. The topological polar surface area (TPSA) is 111 Å². The Morgan fingerprint density at radius 3 is 0.859 bits per heavy atom. The number of unbranched alkanes of at least 4 members (excludes halogenated alkanes) is 36. The number of rotatable bonds is 75. The van der Waals surface area contributed by atoms with Crippen molar-refractivity contribution in [3.05, 3.63) is 146 Å². The molecule has 9 nitrogen and oxygen atoms in total. The highest BCUT2D eigenvalue weighted by Gasteiger charge is 2.22. The third-order valence-electron chi connectivity index (χ3n) is 17.6. The normalized spacial score (nSPS) is 13.4. The third-order valence-corrected chi connectivity index (χ3v) is 17.6. The largest absolute Gasteiger partial charge is 0.545 e. The standard InChI is InChI=1S/C90H153NO8/c1-6-8-10-12-14-16-18-20-22-24-26-28-30-32-34-36-38-40-42-43-44-45-47-48-50-52-54-56-58-60-62-64-66-68-70-72-74-76-78-80-87(92)97-84-86(85-98-90(89(94)95)96-83-82-91(3,4)5)99-88(93)81-79-77-75-73-71-69-67-65-63-61-59-57-55-53-51-49-46-41-39-37-35-33-31-29-27-25-23-21-19-17-15-13-11-9-7-2/h9,11,15,17-18,20-21,23-24,26-27,29-30,32-33,35,39,41,49,51,55,57,61,63,86,90H,6-8,10,12-14,16,19,22,25,28,31,34,36-38,40,42-48,50,52-54,56,58-60,62,64-85H2,1-5H3/b11-9-,17-15-,20-18-,23-21-,26-24-,29-27-,32-30-,35-33-,41-39-,51-49-,57-55-,63-61-. The predicted molar refractivity (Wildman–Crippen MR) is 426 cm³/mol. The molecule has 0 aliphatic rings. The SMILES string of the molecule is CC/C=C\C/C=C\C/C=C\C/C=C\C/C=C\C/C=C\C/C=C\C/C=C\C/C=C\CCCCCCCCCC(=O)OC(COC(=O)CCCCCCCCCCCCCCCCCCCCCCCCCC/C=C\C/C=C\C/C=C\CCCCCCC)COC(OCC[N+](C)(C)C)C(=O)[O-]. The molecule has 0 amide bonds. The Bertz CT molecular complexity index is 2150. The summed E-state index contributed by atoms with van der Waals surface area (Å²) < 4.78 is 22.9. The molecule has 0 heterocycles. The molecule has 0 spiro atoms. The van der Waals surface area contributed by atoms with Crippen molar-refractivity contribution in [3.8, 4) is 0 Å². The van der Waals surface area contributed by atoms with Gasteiger partial charge in [-0.25, -0.2) is 0 Å². The summed E-state index contributed by atoms with van der Waals surface area (Å²) in [5, 5.41) is 11.9. The molecular weight excluding hydrogens is 1220 g/mol. The molecule has 0 bridgehead atoms. The number of esters is 2. The number of carbonyl (C=O) groups excluding carboxylic acids is 3. The van der Waals surface area contributed by atoms with E-state index < -0.39 is 24.3 Å². The minimum Gasteiger partial charge on any atom is -0.545 e. The Morgan fingerprint density at radius 2 is 0.576 bits per heavy atom. The molecule has 2 unspecified atom stereocenters. The lowest BCUT2D eigenvalue weighted by Crippen LogP contribution is -2.44. The fourth-order valence-electron chi connectivity index (χ4n) is 11.4. The van der Waals surface area contributed by atoms with Crippen molar-refractivity contribution in [3.63, 3.8) is 0 Å². The predicted octanol–water partition coefficient (Wildman–Crippen LogP) is 25.3. The van der Waals surface area contributed by atoms with Crippen molar-refractivity contribution in [1.82, 2.24) is 0 Å². The lowest BCUT2D eigenvalue weighted by Gasteiger charge is -2.26. The molecule has 0 aromatic rings. The van der Waals surface area contributed by atoms with E-state index in [4.69, 9.17) is 18.9 Å². The van der Waals surface area contributed by atoms with Crippen molar-refractivity contribution in [2.24, 2.45) is 0 Å². The Hall–Kier alpha value is -4.83. The summed E-state index contributed by atoms with van der Waals surface area (Å²) in [5.74, 6) is -2.29. The molecule has 2 atom stereocenters.